The normalized spacial score (nSPS) is 17.7. The van der Waals surface area contributed by atoms with Crippen LogP contribution in [0.2, 0.25) is 0 Å². The molecule has 118 valence electrons. The molecule has 2 aromatic heterocycles. The van der Waals surface area contributed by atoms with Gasteiger partial charge in [0.05, 0.1) is 6.10 Å². The Balaban J connectivity index is 1.78. The van der Waals surface area contributed by atoms with Gasteiger partial charge in [-0.15, -0.1) is 0 Å². The number of benzene rings is 1. The smallest absolute Gasteiger partial charge is 0.139 e. The van der Waals surface area contributed by atoms with Gasteiger partial charge in [-0.1, -0.05) is 36.4 Å². The van der Waals surface area contributed by atoms with Crippen molar-refractivity contribution in [1.82, 2.24) is 9.38 Å². The van der Waals surface area contributed by atoms with Crippen LogP contribution < -0.4 is 5.32 Å². The number of hydrogen-bond donors (Lipinski definition) is 1. The summed E-state index contributed by atoms with van der Waals surface area (Å²) in [5, 5.41) is 3.59. The number of aryl methyl sites for hydroxylation is 1. The van der Waals surface area contributed by atoms with Gasteiger partial charge in [0.25, 0.3) is 0 Å². The molecule has 4 rings (SSSR count). The van der Waals surface area contributed by atoms with Crippen LogP contribution in [-0.2, 0) is 4.74 Å². The average molecular weight is 307 g/mol. The lowest BCUT2D eigenvalue weighted by Gasteiger charge is -2.14. The Morgan fingerprint density at radius 2 is 2.04 bits per heavy atom. The first-order chi connectivity index (χ1) is 11.3. The third-order valence-corrected chi connectivity index (χ3v) is 4.41. The van der Waals surface area contributed by atoms with Crippen molar-refractivity contribution in [2.75, 3.05) is 18.5 Å². The molecule has 4 heteroatoms. The largest absolute Gasteiger partial charge is 0.376 e. The van der Waals surface area contributed by atoms with E-state index < -0.39 is 0 Å². The highest BCUT2D eigenvalue weighted by atomic mass is 16.5. The van der Waals surface area contributed by atoms with E-state index in [9.17, 15) is 0 Å². The van der Waals surface area contributed by atoms with Gasteiger partial charge in [0.2, 0.25) is 0 Å². The molecule has 0 saturated carbocycles. The zero-order valence-electron chi connectivity index (χ0n) is 13.3. The van der Waals surface area contributed by atoms with Crippen molar-refractivity contribution in [3.8, 4) is 11.3 Å². The molecule has 1 aliphatic rings. The molecule has 3 heterocycles. The van der Waals surface area contributed by atoms with Gasteiger partial charge in [0.15, 0.2) is 0 Å². The van der Waals surface area contributed by atoms with E-state index in [0.29, 0.717) is 6.10 Å². The minimum atomic E-state index is 0.299. The van der Waals surface area contributed by atoms with Gasteiger partial charge in [-0.05, 0) is 31.9 Å². The number of rotatable bonds is 4. The van der Waals surface area contributed by atoms with E-state index in [2.05, 4.69) is 59.1 Å². The van der Waals surface area contributed by atoms with Gasteiger partial charge >= 0.3 is 0 Å². The number of imidazole rings is 1. The molecule has 1 atom stereocenters. The van der Waals surface area contributed by atoms with Crippen LogP contribution in [0.1, 0.15) is 18.5 Å². The summed E-state index contributed by atoms with van der Waals surface area (Å²) in [4.78, 5) is 4.85. The maximum atomic E-state index is 5.75. The molecule has 0 amide bonds. The van der Waals surface area contributed by atoms with Crippen LogP contribution >= 0.6 is 0 Å². The van der Waals surface area contributed by atoms with Crippen LogP contribution in [0.15, 0.2) is 48.5 Å². The summed E-state index contributed by atoms with van der Waals surface area (Å²) >= 11 is 0. The third-order valence-electron chi connectivity index (χ3n) is 4.41. The lowest BCUT2D eigenvalue weighted by Crippen LogP contribution is -2.19. The molecule has 1 unspecified atom stereocenters. The Morgan fingerprint density at radius 3 is 2.83 bits per heavy atom. The molecule has 1 N–H and O–H groups in total. The first kappa shape index (κ1) is 14.3. The second-order valence-corrected chi connectivity index (χ2v) is 6.05. The van der Waals surface area contributed by atoms with Crippen molar-refractivity contribution >= 4 is 11.5 Å². The second kappa shape index (κ2) is 6.05. The Bertz CT molecular complexity index is 804. The van der Waals surface area contributed by atoms with Crippen LogP contribution in [-0.4, -0.2) is 28.6 Å². The molecule has 0 aliphatic carbocycles. The summed E-state index contributed by atoms with van der Waals surface area (Å²) in [6.07, 6.45) is 2.58. The maximum absolute atomic E-state index is 5.75. The number of aromatic nitrogens is 2. The van der Waals surface area contributed by atoms with E-state index >= 15 is 0 Å². The van der Waals surface area contributed by atoms with Crippen molar-refractivity contribution in [2.45, 2.75) is 25.9 Å². The highest BCUT2D eigenvalue weighted by Crippen LogP contribution is 2.30. The van der Waals surface area contributed by atoms with Crippen LogP contribution in [0.25, 0.3) is 16.9 Å². The van der Waals surface area contributed by atoms with Crippen molar-refractivity contribution in [1.29, 1.82) is 0 Å². The summed E-state index contributed by atoms with van der Waals surface area (Å²) in [6.45, 7) is 3.81. The van der Waals surface area contributed by atoms with E-state index in [1.807, 2.05) is 6.07 Å². The summed E-state index contributed by atoms with van der Waals surface area (Å²) in [6, 6.07) is 16.6. The predicted molar refractivity (Wildman–Crippen MR) is 92.8 cm³/mol. The number of nitrogens with one attached hydrogen (secondary N) is 1. The molecule has 1 fully saturated rings. The monoisotopic (exact) mass is 307 g/mol. The lowest BCUT2D eigenvalue weighted by molar-refractivity contribution is 0.120. The Hall–Kier alpha value is -2.33. The lowest BCUT2D eigenvalue weighted by atomic mass is 10.1. The van der Waals surface area contributed by atoms with Gasteiger partial charge in [0, 0.05) is 24.4 Å². The molecular formula is C19H21N3O. The van der Waals surface area contributed by atoms with Gasteiger partial charge in [-0.25, -0.2) is 4.98 Å². The SMILES string of the molecule is Cc1cccc2nc(-c3ccccc3)c(NCC3CCCO3)n12. The zero-order valence-corrected chi connectivity index (χ0v) is 13.3. The number of nitrogens with zero attached hydrogens (tertiary/aromatic N) is 2. The van der Waals surface area contributed by atoms with Crippen molar-refractivity contribution in [3.05, 3.63) is 54.2 Å². The van der Waals surface area contributed by atoms with E-state index in [4.69, 9.17) is 9.72 Å². The first-order valence-corrected chi connectivity index (χ1v) is 8.22. The Labute approximate surface area is 136 Å². The third kappa shape index (κ3) is 2.70. The summed E-state index contributed by atoms with van der Waals surface area (Å²) < 4.78 is 7.94. The van der Waals surface area contributed by atoms with Crippen LogP contribution in [0.5, 0.6) is 0 Å². The minimum absolute atomic E-state index is 0.299. The molecular weight excluding hydrogens is 286 g/mol. The second-order valence-electron chi connectivity index (χ2n) is 6.05. The predicted octanol–water partition coefficient (Wildman–Crippen LogP) is 3.90. The molecule has 0 spiro atoms. The summed E-state index contributed by atoms with van der Waals surface area (Å²) in [5.74, 6) is 1.06. The van der Waals surface area contributed by atoms with Crippen LogP contribution in [0.4, 0.5) is 5.82 Å². The van der Waals surface area contributed by atoms with Gasteiger partial charge < -0.3 is 10.1 Å². The zero-order chi connectivity index (χ0) is 15.6. The van der Waals surface area contributed by atoms with Crippen LogP contribution in [0, 0.1) is 6.92 Å². The minimum Gasteiger partial charge on any atom is -0.376 e. The van der Waals surface area contributed by atoms with Crippen molar-refractivity contribution < 1.29 is 4.74 Å². The summed E-state index contributed by atoms with van der Waals surface area (Å²) in [5.41, 5.74) is 4.27. The number of anilines is 1. The fraction of sp³-hybridized carbons (Fsp3) is 0.316. The molecule has 1 aromatic carbocycles. The number of hydrogen-bond acceptors (Lipinski definition) is 3. The molecule has 1 saturated heterocycles. The van der Waals surface area contributed by atoms with E-state index in [1.165, 1.54) is 5.69 Å². The molecule has 1 aliphatic heterocycles. The first-order valence-electron chi connectivity index (χ1n) is 8.22. The molecule has 0 radical (unpaired) electrons. The maximum Gasteiger partial charge on any atom is 0.139 e. The van der Waals surface area contributed by atoms with Gasteiger partial charge in [-0.3, -0.25) is 4.40 Å². The fourth-order valence-corrected chi connectivity index (χ4v) is 3.23. The van der Waals surface area contributed by atoms with E-state index in [0.717, 1.165) is 48.7 Å². The van der Waals surface area contributed by atoms with E-state index in [-0.39, 0.29) is 0 Å². The Morgan fingerprint density at radius 1 is 1.17 bits per heavy atom. The van der Waals surface area contributed by atoms with Crippen molar-refractivity contribution in [3.63, 3.8) is 0 Å². The highest BCUT2D eigenvalue weighted by molar-refractivity contribution is 5.76. The fourth-order valence-electron chi connectivity index (χ4n) is 3.23. The quantitative estimate of drug-likeness (QED) is 0.794. The van der Waals surface area contributed by atoms with Gasteiger partial charge in [-0.2, -0.15) is 0 Å². The average Bonchev–Trinajstić information content (AvgIpc) is 3.22. The molecule has 0 bridgehead atoms. The highest BCUT2D eigenvalue weighted by Gasteiger charge is 2.19. The molecule has 3 aromatic rings. The van der Waals surface area contributed by atoms with Gasteiger partial charge in [0.1, 0.15) is 17.2 Å². The topological polar surface area (TPSA) is 38.6 Å². The molecule has 4 nitrogen and oxygen atoms in total. The van der Waals surface area contributed by atoms with E-state index in [1.54, 1.807) is 0 Å². The standard InChI is InChI=1S/C19H21N3O/c1-14-7-5-11-17-21-18(15-8-3-2-4-9-15)19(22(14)17)20-13-16-10-6-12-23-16/h2-5,7-9,11,16,20H,6,10,12-13H2,1H3. The Kier molecular flexibility index (Phi) is 3.75. The number of ether oxygens (including phenoxy) is 1. The van der Waals surface area contributed by atoms with Crippen LogP contribution in [0.3, 0.4) is 0 Å². The summed E-state index contributed by atoms with van der Waals surface area (Å²) in [7, 11) is 0. The number of pyridine rings is 1. The number of fused-ring (bicyclic) bond motifs is 1. The van der Waals surface area contributed by atoms with Crippen molar-refractivity contribution in [2.24, 2.45) is 0 Å². The molecule has 23 heavy (non-hydrogen) atoms.